The van der Waals surface area contributed by atoms with Gasteiger partial charge in [0.15, 0.2) is 0 Å². The van der Waals surface area contributed by atoms with Crippen molar-refractivity contribution in [3.8, 4) is 5.75 Å². The van der Waals surface area contributed by atoms with Crippen LogP contribution in [0.5, 0.6) is 5.75 Å². The number of H-pyrrole nitrogens is 1. The van der Waals surface area contributed by atoms with E-state index in [9.17, 15) is 9.59 Å². The number of carbonyl (C=O) groups is 2. The van der Waals surface area contributed by atoms with E-state index in [0.29, 0.717) is 24.6 Å². The molecule has 7 heteroatoms. The van der Waals surface area contributed by atoms with Crippen molar-refractivity contribution in [2.75, 3.05) is 13.7 Å². The number of hydrogen-bond donors (Lipinski definition) is 1. The van der Waals surface area contributed by atoms with Gasteiger partial charge in [-0.1, -0.05) is 6.07 Å². The lowest BCUT2D eigenvalue weighted by molar-refractivity contribution is -0.128. The summed E-state index contributed by atoms with van der Waals surface area (Å²) in [7, 11) is 1.62. The van der Waals surface area contributed by atoms with Crippen LogP contribution in [0.1, 0.15) is 63.3 Å². The molecule has 144 valence electrons. The Bertz CT molecular complexity index is 908. The van der Waals surface area contributed by atoms with Crippen molar-refractivity contribution in [2.24, 2.45) is 0 Å². The van der Waals surface area contributed by atoms with Gasteiger partial charge in [0.2, 0.25) is 5.91 Å². The molecular weight excluding hydrogens is 346 g/mol. The fourth-order valence-corrected chi connectivity index (χ4v) is 3.58. The molecule has 1 aliphatic carbocycles. The van der Waals surface area contributed by atoms with Gasteiger partial charge in [0, 0.05) is 12.5 Å². The number of ether oxygens (including phenoxy) is 2. The second kappa shape index (κ2) is 6.25. The molecule has 1 aromatic carbocycles. The SMILES string of the molecule is COc1ccc(C2CCN(C(=O)OC(C)(C)C)C2=O)c2[nH]c(C3CC3)nc12. The lowest BCUT2D eigenvalue weighted by atomic mass is 9.96. The maximum absolute atomic E-state index is 12.9. The van der Waals surface area contributed by atoms with Gasteiger partial charge in [-0.15, -0.1) is 0 Å². The molecule has 4 rings (SSSR count). The van der Waals surface area contributed by atoms with Gasteiger partial charge < -0.3 is 14.5 Å². The molecule has 2 amide bonds. The highest BCUT2D eigenvalue weighted by Gasteiger charge is 2.40. The van der Waals surface area contributed by atoms with Crippen LogP contribution in [0.3, 0.4) is 0 Å². The largest absolute Gasteiger partial charge is 0.494 e. The molecule has 1 saturated heterocycles. The number of nitrogens with zero attached hydrogens (tertiary/aromatic N) is 2. The highest BCUT2D eigenvalue weighted by atomic mass is 16.6. The molecule has 0 spiro atoms. The smallest absolute Gasteiger partial charge is 0.417 e. The number of likely N-dealkylation sites (tertiary alicyclic amines) is 1. The van der Waals surface area contributed by atoms with Gasteiger partial charge in [0.25, 0.3) is 0 Å². The molecular formula is C20H25N3O4. The predicted molar refractivity (Wildman–Crippen MR) is 99.9 cm³/mol. The van der Waals surface area contributed by atoms with Gasteiger partial charge in [0.1, 0.15) is 22.7 Å². The number of aromatic nitrogens is 2. The Morgan fingerprint density at radius 1 is 1.26 bits per heavy atom. The average molecular weight is 371 g/mol. The number of benzene rings is 1. The highest BCUT2D eigenvalue weighted by molar-refractivity contribution is 6.00. The number of imide groups is 1. The molecule has 0 bridgehead atoms. The summed E-state index contributed by atoms with van der Waals surface area (Å²) >= 11 is 0. The molecule has 2 heterocycles. The fraction of sp³-hybridized carbons (Fsp3) is 0.550. The maximum atomic E-state index is 12.9. The molecule has 1 aromatic heterocycles. The Hall–Kier alpha value is -2.57. The number of methoxy groups -OCH3 is 1. The van der Waals surface area contributed by atoms with Crippen LogP contribution in [0, 0.1) is 0 Å². The monoisotopic (exact) mass is 371 g/mol. The molecule has 2 aliphatic rings. The number of nitrogens with one attached hydrogen (secondary N) is 1. The van der Waals surface area contributed by atoms with Crippen molar-refractivity contribution >= 4 is 23.0 Å². The third-order valence-corrected chi connectivity index (χ3v) is 5.04. The summed E-state index contributed by atoms with van der Waals surface area (Å²) in [6.07, 6.45) is 2.25. The number of imidazole rings is 1. The summed E-state index contributed by atoms with van der Waals surface area (Å²) in [6.45, 7) is 5.73. The third-order valence-electron chi connectivity index (χ3n) is 5.04. The molecule has 1 atom stereocenters. The van der Waals surface area contributed by atoms with Gasteiger partial charge in [-0.05, 0) is 51.7 Å². The summed E-state index contributed by atoms with van der Waals surface area (Å²) < 4.78 is 10.8. The fourth-order valence-electron chi connectivity index (χ4n) is 3.58. The zero-order chi connectivity index (χ0) is 19.3. The molecule has 2 fully saturated rings. The molecule has 27 heavy (non-hydrogen) atoms. The maximum Gasteiger partial charge on any atom is 0.417 e. The van der Waals surface area contributed by atoms with Gasteiger partial charge in [-0.3, -0.25) is 4.79 Å². The molecule has 2 aromatic rings. The lowest BCUT2D eigenvalue weighted by Crippen LogP contribution is -2.38. The van der Waals surface area contributed by atoms with Crippen LogP contribution < -0.4 is 4.74 Å². The van der Waals surface area contributed by atoms with E-state index in [1.807, 2.05) is 12.1 Å². The van der Waals surface area contributed by atoms with Crippen molar-refractivity contribution in [1.29, 1.82) is 0 Å². The van der Waals surface area contributed by atoms with Gasteiger partial charge in [0.05, 0.1) is 18.5 Å². The number of amides is 2. The Kier molecular flexibility index (Phi) is 4.13. The summed E-state index contributed by atoms with van der Waals surface area (Å²) in [5.74, 6) is 1.49. The number of carbonyl (C=O) groups excluding carboxylic acids is 2. The van der Waals surface area contributed by atoms with Crippen LogP contribution in [0.4, 0.5) is 4.79 Å². The molecule has 0 radical (unpaired) electrons. The van der Waals surface area contributed by atoms with Gasteiger partial charge >= 0.3 is 6.09 Å². The zero-order valence-electron chi connectivity index (χ0n) is 16.2. The Balaban J connectivity index is 1.66. The van der Waals surface area contributed by atoms with Crippen molar-refractivity contribution in [3.05, 3.63) is 23.5 Å². The first-order chi connectivity index (χ1) is 12.8. The van der Waals surface area contributed by atoms with Crippen molar-refractivity contribution in [3.63, 3.8) is 0 Å². The first kappa shape index (κ1) is 17.8. The van der Waals surface area contributed by atoms with E-state index in [1.165, 1.54) is 4.90 Å². The number of aromatic amines is 1. The highest BCUT2D eigenvalue weighted by Crippen LogP contribution is 2.42. The number of hydrogen-bond acceptors (Lipinski definition) is 5. The van der Waals surface area contributed by atoms with Crippen LogP contribution in [-0.2, 0) is 9.53 Å². The Labute approximate surface area is 158 Å². The van der Waals surface area contributed by atoms with E-state index in [4.69, 9.17) is 14.5 Å². The third kappa shape index (κ3) is 3.26. The number of rotatable bonds is 3. The second-order valence-corrected chi connectivity index (χ2v) is 8.29. The van der Waals surface area contributed by atoms with E-state index >= 15 is 0 Å². The molecule has 7 nitrogen and oxygen atoms in total. The second-order valence-electron chi connectivity index (χ2n) is 8.29. The van der Waals surface area contributed by atoms with Crippen molar-refractivity contribution < 1.29 is 19.1 Å². The molecule has 1 aliphatic heterocycles. The topological polar surface area (TPSA) is 84.5 Å². The summed E-state index contributed by atoms with van der Waals surface area (Å²) in [5.41, 5.74) is 1.81. The van der Waals surface area contributed by atoms with E-state index in [-0.39, 0.29) is 5.91 Å². The summed E-state index contributed by atoms with van der Waals surface area (Å²) in [5, 5.41) is 0. The first-order valence-corrected chi connectivity index (χ1v) is 9.39. The Morgan fingerprint density at radius 2 is 2.00 bits per heavy atom. The first-order valence-electron chi connectivity index (χ1n) is 9.39. The van der Waals surface area contributed by atoms with Crippen LogP contribution in [0.15, 0.2) is 12.1 Å². The average Bonchev–Trinajstić information content (AvgIpc) is 3.23. The van der Waals surface area contributed by atoms with Gasteiger partial charge in [-0.2, -0.15) is 0 Å². The summed E-state index contributed by atoms with van der Waals surface area (Å²) in [4.78, 5) is 34.6. The minimum absolute atomic E-state index is 0.224. The van der Waals surface area contributed by atoms with Crippen LogP contribution in [0.25, 0.3) is 11.0 Å². The van der Waals surface area contributed by atoms with Crippen LogP contribution >= 0.6 is 0 Å². The van der Waals surface area contributed by atoms with E-state index in [0.717, 1.165) is 35.3 Å². The van der Waals surface area contributed by atoms with Crippen LogP contribution in [0.2, 0.25) is 0 Å². The lowest BCUT2D eigenvalue weighted by Gasteiger charge is -2.23. The number of fused-ring (bicyclic) bond motifs is 1. The Morgan fingerprint density at radius 3 is 2.63 bits per heavy atom. The van der Waals surface area contributed by atoms with E-state index in [2.05, 4.69) is 4.98 Å². The van der Waals surface area contributed by atoms with E-state index in [1.54, 1.807) is 27.9 Å². The van der Waals surface area contributed by atoms with Gasteiger partial charge in [-0.25, -0.2) is 14.7 Å². The normalized spacial score (nSPS) is 20.4. The molecule has 1 saturated carbocycles. The van der Waals surface area contributed by atoms with Crippen molar-refractivity contribution in [2.45, 2.75) is 57.5 Å². The van der Waals surface area contributed by atoms with E-state index < -0.39 is 17.6 Å². The minimum Gasteiger partial charge on any atom is -0.494 e. The standard InChI is InChI=1S/C20H25N3O4/c1-20(2,3)27-19(25)23-10-9-13(18(23)24)12-7-8-14(26-4)16-15(12)21-17(22-16)11-5-6-11/h7-8,11,13H,5-6,9-10H2,1-4H3,(H,21,22). The molecule has 1 N–H and O–H groups in total. The predicted octanol–water partition coefficient (Wildman–Crippen LogP) is 3.70. The zero-order valence-corrected chi connectivity index (χ0v) is 16.2. The summed E-state index contributed by atoms with van der Waals surface area (Å²) in [6, 6.07) is 3.75. The minimum atomic E-state index is -0.634. The molecule has 1 unspecified atom stereocenters. The van der Waals surface area contributed by atoms with Crippen molar-refractivity contribution in [1.82, 2.24) is 14.9 Å². The quantitative estimate of drug-likeness (QED) is 0.889. The van der Waals surface area contributed by atoms with Crippen LogP contribution in [-0.4, -0.2) is 46.1 Å².